The van der Waals surface area contributed by atoms with Crippen LogP contribution in [-0.4, -0.2) is 16.3 Å². The highest BCUT2D eigenvalue weighted by Gasteiger charge is 2.15. The van der Waals surface area contributed by atoms with Crippen molar-refractivity contribution in [2.45, 2.75) is 43.9 Å². The molecule has 1 atom stereocenters. The number of rotatable bonds is 0. The second-order valence-corrected chi connectivity index (χ2v) is 3.54. The number of hydrogen-bond donors (Lipinski definition) is 1. The van der Waals surface area contributed by atoms with Crippen molar-refractivity contribution in [3.63, 3.8) is 0 Å². The summed E-state index contributed by atoms with van der Waals surface area (Å²) in [5, 5.41) is 11.8. The molecule has 1 saturated carbocycles. The average Bonchev–Trinajstić information content (AvgIpc) is 1.98. The molecule has 1 rings (SSSR count). The fourth-order valence-corrected chi connectivity index (χ4v) is 1.73. The second kappa shape index (κ2) is 4.60. The fourth-order valence-electron chi connectivity index (χ4n) is 1.42. The number of hydrogen-bond acceptors (Lipinski definition) is 2. The van der Waals surface area contributed by atoms with Crippen LogP contribution in [0, 0.1) is 0 Å². The van der Waals surface area contributed by atoms with Crippen LogP contribution >= 0.6 is 11.6 Å². The van der Waals surface area contributed by atoms with Gasteiger partial charge in [0.25, 0.3) is 0 Å². The number of halogens is 1. The molecule has 0 aromatic heterocycles. The van der Waals surface area contributed by atoms with Crippen molar-refractivity contribution in [3.8, 4) is 0 Å². The molecule has 2 nitrogen and oxygen atoms in total. The van der Waals surface area contributed by atoms with Crippen LogP contribution < -0.4 is 0 Å². The first-order valence-corrected chi connectivity index (χ1v) is 4.63. The van der Waals surface area contributed by atoms with E-state index in [-0.39, 0.29) is 5.38 Å². The van der Waals surface area contributed by atoms with Crippen LogP contribution in [0.5, 0.6) is 0 Å². The lowest BCUT2D eigenvalue weighted by atomic mass is 9.99. The van der Waals surface area contributed by atoms with Crippen molar-refractivity contribution in [1.29, 1.82) is 0 Å². The molecule has 0 aromatic rings. The molecule has 0 heterocycles. The molecule has 0 radical (unpaired) electrons. The summed E-state index contributed by atoms with van der Waals surface area (Å²) in [7, 11) is 0. The van der Waals surface area contributed by atoms with E-state index in [4.69, 9.17) is 16.8 Å². The first-order chi connectivity index (χ1) is 5.34. The van der Waals surface area contributed by atoms with Gasteiger partial charge in [-0.1, -0.05) is 24.4 Å². The third-order valence-electron chi connectivity index (χ3n) is 2.13. The van der Waals surface area contributed by atoms with Crippen molar-refractivity contribution in [1.82, 2.24) is 0 Å². The maximum Gasteiger partial charge on any atom is 0.0751 e. The molecular formula is C8H14ClNO. The van der Waals surface area contributed by atoms with Gasteiger partial charge < -0.3 is 5.21 Å². The van der Waals surface area contributed by atoms with Gasteiger partial charge in [-0.2, -0.15) is 0 Å². The molecule has 0 saturated heterocycles. The summed E-state index contributed by atoms with van der Waals surface area (Å²) in [6.45, 7) is 0. The van der Waals surface area contributed by atoms with Crippen LogP contribution in [0.3, 0.4) is 0 Å². The number of oxime groups is 1. The van der Waals surface area contributed by atoms with E-state index in [0.717, 1.165) is 31.4 Å². The molecular weight excluding hydrogens is 162 g/mol. The summed E-state index contributed by atoms with van der Waals surface area (Å²) >= 11 is 5.97. The Kier molecular flexibility index (Phi) is 3.70. The Morgan fingerprint density at radius 3 is 2.73 bits per heavy atom. The van der Waals surface area contributed by atoms with Gasteiger partial charge >= 0.3 is 0 Å². The van der Waals surface area contributed by atoms with Crippen LogP contribution in [-0.2, 0) is 0 Å². The monoisotopic (exact) mass is 175 g/mol. The molecule has 64 valence electrons. The molecule has 0 spiro atoms. The summed E-state index contributed by atoms with van der Waals surface area (Å²) < 4.78 is 0. The normalized spacial score (nSPS) is 31.4. The van der Waals surface area contributed by atoms with Gasteiger partial charge in [0.15, 0.2) is 0 Å². The van der Waals surface area contributed by atoms with Gasteiger partial charge in [0.2, 0.25) is 0 Å². The van der Waals surface area contributed by atoms with Crippen molar-refractivity contribution >= 4 is 17.3 Å². The molecule has 0 amide bonds. The Hall–Kier alpha value is -0.240. The highest BCUT2D eigenvalue weighted by atomic mass is 35.5. The van der Waals surface area contributed by atoms with Crippen molar-refractivity contribution in [2.24, 2.45) is 5.16 Å². The van der Waals surface area contributed by atoms with Crippen LogP contribution in [0.25, 0.3) is 0 Å². The second-order valence-electron chi connectivity index (χ2n) is 3.01. The van der Waals surface area contributed by atoms with Gasteiger partial charge in [0, 0.05) is 0 Å². The SMILES string of the molecule is O/N=C1\CCCCCCC1Cl. The molecule has 0 bridgehead atoms. The lowest BCUT2D eigenvalue weighted by Crippen LogP contribution is -2.16. The van der Waals surface area contributed by atoms with E-state index in [1.165, 1.54) is 12.8 Å². The maximum absolute atomic E-state index is 8.58. The fraction of sp³-hybridized carbons (Fsp3) is 0.875. The average molecular weight is 176 g/mol. The van der Waals surface area contributed by atoms with E-state index in [1.54, 1.807) is 0 Å². The lowest BCUT2D eigenvalue weighted by Gasteiger charge is -2.14. The molecule has 0 aliphatic heterocycles. The zero-order valence-corrected chi connectivity index (χ0v) is 7.35. The minimum atomic E-state index is -0.0275. The quantitative estimate of drug-likeness (QED) is 0.343. The molecule has 3 heteroatoms. The topological polar surface area (TPSA) is 32.6 Å². The Labute approximate surface area is 72.2 Å². The van der Waals surface area contributed by atoms with E-state index in [0.29, 0.717) is 0 Å². The lowest BCUT2D eigenvalue weighted by molar-refractivity contribution is 0.315. The van der Waals surface area contributed by atoms with E-state index in [1.807, 2.05) is 0 Å². The first-order valence-electron chi connectivity index (χ1n) is 4.19. The Balaban J connectivity index is 2.46. The predicted octanol–water partition coefficient (Wildman–Crippen LogP) is 2.78. The van der Waals surface area contributed by atoms with Crippen molar-refractivity contribution in [2.75, 3.05) is 0 Å². The minimum Gasteiger partial charge on any atom is -0.411 e. The summed E-state index contributed by atoms with van der Waals surface area (Å²) in [6, 6.07) is 0. The summed E-state index contributed by atoms with van der Waals surface area (Å²) in [5.41, 5.74) is 0.770. The zero-order chi connectivity index (χ0) is 8.10. The molecule has 0 aromatic carbocycles. The predicted molar refractivity (Wildman–Crippen MR) is 46.6 cm³/mol. The number of nitrogens with zero attached hydrogens (tertiary/aromatic N) is 1. The van der Waals surface area contributed by atoms with Crippen LogP contribution in [0.15, 0.2) is 5.16 Å². The van der Waals surface area contributed by atoms with Crippen LogP contribution in [0.4, 0.5) is 0 Å². The zero-order valence-electron chi connectivity index (χ0n) is 6.59. The number of alkyl halides is 1. The van der Waals surface area contributed by atoms with E-state index < -0.39 is 0 Å². The van der Waals surface area contributed by atoms with Gasteiger partial charge in [0.05, 0.1) is 11.1 Å². The Morgan fingerprint density at radius 1 is 1.27 bits per heavy atom. The van der Waals surface area contributed by atoms with E-state index in [2.05, 4.69) is 5.16 Å². The van der Waals surface area contributed by atoms with Crippen molar-refractivity contribution in [3.05, 3.63) is 0 Å². The van der Waals surface area contributed by atoms with Gasteiger partial charge in [-0.05, 0) is 19.3 Å². The minimum absolute atomic E-state index is 0.0275. The Bertz CT molecular complexity index is 147. The maximum atomic E-state index is 8.58. The van der Waals surface area contributed by atoms with E-state index >= 15 is 0 Å². The summed E-state index contributed by atoms with van der Waals surface area (Å²) in [6.07, 6.45) is 6.60. The largest absolute Gasteiger partial charge is 0.411 e. The molecule has 1 unspecified atom stereocenters. The standard InChI is InChI=1S/C8H14ClNO/c9-7-5-3-1-2-4-6-8(7)10-11/h7,11H,1-6H2/b10-8+. The smallest absolute Gasteiger partial charge is 0.0751 e. The third kappa shape index (κ3) is 2.70. The highest BCUT2D eigenvalue weighted by molar-refractivity contribution is 6.32. The summed E-state index contributed by atoms with van der Waals surface area (Å²) in [5.74, 6) is 0. The molecule has 1 N–H and O–H groups in total. The van der Waals surface area contributed by atoms with Gasteiger partial charge in [-0.25, -0.2) is 0 Å². The molecule has 11 heavy (non-hydrogen) atoms. The van der Waals surface area contributed by atoms with Gasteiger partial charge in [-0.15, -0.1) is 11.6 Å². The molecule has 1 fully saturated rings. The molecule has 1 aliphatic carbocycles. The molecule has 1 aliphatic rings. The first kappa shape index (κ1) is 8.85. The van der Waals surface area contributed by atoms with Crippen LogP contribution in [0.1, 0.15) is 38.5 Å². The Morgan fingerprint density at radius 2 is 2.00 bits per heavy atom. The summed E-state index contributed by atoms with van der Waals surface area (Å²) in [4.78, 5) is 0. The highest BCUT2D eigenvalue weighted by Crippen LogP contribution is 2.19. The van der Waals surface area contributed by atoms with E-state index in [9.17, 15) is 0 Å². The van der Waals surface area contributed by atoms with Gasteiger partial charge in [-0.3, -0.25) is 0 Å². The third-order valence-corrected chi connectivity index (χ3v) is 2.60. The van der Waals surface area contributed by atoms with Crippen molar-refractivity contribution < 1.29 is 5.21 Å². The van der Waals surface area contributed by atoms with Gasteiger partial charge in [0.1, 0.15) is 0 Å². The van der Waals surface area contributed by atoms with Crippen LogP contribution in [0.2, 0.25) is 0 Å².